The lowest BCUT2D eigenvalue weighted by Crippen LogP contribution is -2.09. The topological polar surface area (TPSA) is 46.5 Å². The number of carbonyl (C=O) groups is 1. The molecule has 7 heteroatoms. The van der Waals surface area contributed by atoms with Gasteiger partial charge in [0.1, 0.15) is 17.4 Å². The first kappa shape index (κ1) is 22.1. The number of aliphatic carboxylic acids is 1. The fourth-order valence-corrected chi connectivity index (χ4v) is 4.22. The van der Waals surface area contributed by atoms with E-state index in [9.17, 15) is 13.6 Å². The van der Waals surface area contributed by atoms with Crippen molar-refractivity contribution in [2.75, 3.05) is 12.4 Å². The summed E-state index contributed by atoms with van der Waals surface area (Å²) in [5.74, 6) is -0.763. The maximum absolute atomic E-state index is 13.7. The summed E-state index contributed by atoms with van der Waals surface area (Å²) in [6.45, 7) is -0.418. The molecule has 0 aliphatic carbocycles. The predicted octanol–water partition coefficient (Wildman–Crippen LogP) is 6.41. The Morgan fingerprint density at radius 1 is 1.00 bits per heavy atom. The van der Waals surface area contributed by atoms with Crippen molar-refractivity contribution in [2.24, 2.45) is 0 Å². The Balaban J connectivity index is 1.79. The van der Waals surface area contributed by atoms with Gasteiger partial charge in [-0.2, -0.15) is 0 Å². The Kier molecular flexibility index (Phi) is 7.65. The van der Waals surface area contributed by atoms with Crippen LogP contribution in [0.5, 0.6) is 5.75 Å². The van der Waals surface area contributed by atoms with Gasteiger partial charge < -0.3 is 9.84 Å². The normalized spacial score (nSPS) is 10.5. The van der Waals surface area contributed by atoms with E-state index in [1.807, 2.05) is 18.2 Å². The fraction of sp³-hybridized carbons (Fsp3) is 0.0870. The molecule has 0 bridgehead atoms. The summed E-state index contributed by atoms with van der Waals surface area (Å²) >= 11 is 4.91. The van der Waals surface area contributed by atoms with Gasteiger partial charge in [-0.15, -0.1) is 11.8 Å². The van der Waals surface area contributed by atoms with Gasteiger partial charge >= 0.3 is 5.97 Å². The molecule has 0 unspecified atom stereocenters. The largest absolute Gasteiger partial charge is 0.481 e. The van der Waals surface area contributed by atoms with Gasteiger partial charge in [-0.05, 0) is 75.1 Å². The van der Waals surface area contributed by atoms with E-state index in [4.69, 9.17) is 9.84 Å². The van der Waals surface area contributed by atoms with Gasteiger partial charge in [0.25, 0.3) is 0 Å². The van der Waals surface area contributed by atoms with Gasteiger partial charge in [0.15, 0.2) is 6.61 Å². The van der Waals surface area contributed by atoms with Crippen LogP contribution in [0.3, 0.4) is 0 Å². The molecule has 0 heterocycles. The molecular weight excluding hydrogens is 474 g/mol. The van der Waals surface area contributed by atoms with Crippen LogP contribution in [0, 0.1) is 11.6 Å². The quantitative estimate of drug-likeness (QED) is 0.370. The van der Waals surface area contributed by atoms with Crippen LogP contribution in [0.2, 0.25) is 0 Å². The van der Waals surface area contributed by atoms with E-state index in [1.54, 1.807) is 30.3 Å². The zero-order valence-corrected chi connectivity index (χ0v) is 18.1. The van der Waals surface area contributed by atoms with Crippen molar-refractivity contribution in [1.82, 2.24) is 0 Å². The second-order valence-electron chi connectivity index (χ2n) is 6.22. The highest BCUT2D eigenvalue weighted by Gasteiger charge is 2.09. The van der Waals surface area contributed by atoms with Crippen LogP contribution in [0.15, 0.2) is 82.2 Å². The fourth-order valence-electron chi connectivity index (χ4n) is 2.76. The second-order valence-corrected chi connectivity index (χ2v) is 8.17. The van der Waals surface area contributed by atoms with Crippen LogP contribution in [-0.2, 0) is 4.79 Å². The third kappa shape index (κ3) is 6.18. The van der Waals surface area contributed by atoms with Crippen LogP contribution < -0.4 is 4.74 Å². The van der Waals surface area contributed by atoms with E-state index in [1.165, 1.54) is 36.0 Å². The van der Waals surface area contributed by atoms with E-state index in [-0.39, 0.29) is 11.6 Å². The first-order valence-electron chi connectivity index (χ1n) is 8.91. The number of ether oxygens (including phenoxy) is 1. The molecule has 0 amide bonds. The summed E-state index contributed by atoms with van der Waals surface area (Å²) in [7, 11) is 0. The number of rotatable bonds is 8. The van der Waals surface area contributed by atoms with Gasteiger partial charge in [0.05, 0.1) is 4.47 Å². The number of benzene rings is 3. The molecule has 1 N–H and O–H groups in total. The Morgan fingerprint density at radius 3 is 2.17 bits per heavy atom. The van der Waals surface area contributed by atoms with Gasteiger partial charge in [0, 0.05) is 10.6 Å². The maximum Gasteiger partial charge on any atom is 0.341 e. The minimum absolute atomic E-state index is 0.358. The summed E-state index contributed by atoms with van der Waals surface area (Å²) in [6, 6.07) is 17.8. The zero-order valence-electron chi connectivity index (χ0n) is 15.6. The van der Waals surface area contributed by atoms with Crippen molar-refractivity contribution < 1.29 is 23.4 Å². The SMILES string of the molecule is O=C(O)COc1ccc(SCC=C(c2cccc(F)c2)c2cccc(F)c2)cc1Br. The summed E-state index contributed by atoms with van der Waals surface area (Å²) < 4.78 is 33.3. The first-order chi connectivity index (χ1) is 14.4. The third-order valence-corrected chi connectivity index (χ3v) is 5.60. The molecule has 0 spiro atoms. The minimum Gasteiger partial charge on any atom is -0.481 e. The van der Waals surface area contributed by atoms with Gasteiger partial charge in [-0.25, -0.2) is 13.6 Å². The summed E-state index contributed by atoms with van der Waals surface area (Å²) in [6.07, 6.45) is 1.93. The standard InChI is InChI=1S/C23H17BrF2O3S/c24-21-13-19(7-8-22(21)29-14-23(27)28)30-10-9-20(15-3-1-5-17(25)11-15)16-4-2-6-18(26)12-16/h1-9,11-13H,10,14H2,(H,27,28). The highest BCUT2D eigenvalue weighted by atomic mass is 79.9. The molecule has 0 fully saturated rings. The van der Waals surface area contributed by atoms with Crippen LogP contribution in [0.1, 0.15) is 11.1 Å². The highest BCUT2D eigenvalue weighted by Crippen LogP contribution is 2.32. The number of hydrogen-bond donors (Lipinski definition) is 1. The molecule has 3 rings (SSSR count). The van der Waals surface area contributed by atoms with Crippen molar-refractivity contribution in [3.63, 3.8) is 0 Å². The number of carboxylic acids is 1. The lowest BCUT2D eigenvalue weighted by Gasteiger charge is -2.10. The Hall–Kier alpha value is -2.64. The minimum atomic E-state index is -1.05. The first-order valence-corrected chi connectivity index (χ1v) is 10.7. The monoisotopic (exact) mass is 490 g/mol. The van der Waals surface area contributed by atoms with Gasteiger partial charge in [-0.3, -0.25) is 0 Å². The molecule has 3 aromatic rings. The zero-order chi connectivity index (χ0) is 21.5. The summed E-state index contributed by atoms with van der Waals surface area (Å²) in [5.41, 5.74) is 2.07. The Morgan fingerprint density at radius 2 is 1.63 bits per heavy atom. The molecule has 3 aromatic carbocycles. The number of hydrogen-bond acceptors (Lipinski definition) is 3. The highest BCUT2D eigenvalue weighted by molar-refractivity contribution is 9.10. The van der Waals surface area contributed by atoms with Crippen LogP contribution in [0.4, 0.5) is 8.78 Å². The molecule has 154 valence electrons. The van der Waals surface area contributed by atoms with Crippen molar-refractivity contribution in [3.8, 4) is 5.75 Å². The smallest absolute Gasteiger partial charge is 0.341 e. The van der Waals surface area contributed by atoms with Crippen LogP contribution in [-0.4, -0.2) is 23.4 Å². The van der Waals surface area contributed by atoms with Crippen molar-refractivity contribution in [1.29, 1.82) is 0 Å². The molecule has 0 atom stereocenters. The lowest BCUT2D eigenvalue weighted by molar-refractivity contribution is -0.139. The molecule has 0 saturated carbocycles. The predicted molar refractivity (Wildman–Crippen MR) is 118 cm³/mol. The molecule has 0 saturated heterocycles. The average Bonchev–Trinajstić information content (AvgIpc) is 2.70. The molecular formula is C23H17BrF2O3S. The van der Waals surface area contributed by atoms with E-state index in [0.29, 0.717) is 27.1 Å². The maximum atomic E-state index is 13.7. The molecule has 0 aliphatic rings. The molecule has 3 nitrogen and oxygen atoms in total. The van der Waals surface area contributed by atoms with Crippen molar-refractivity contribution in [2.45, 2.75) is 4.90 Å². The van der Waals surface area contributed by atoms with Crippen LogP contribution in [0.25, 0.3) is 5.57 Å². The third-order valence-electron chi connectivity index (χ3n) is 4.06. The molecule has 0 aliphatic heterocycles. The Bertz CT molecular complexity index is 1040. The summed E-state index contributed by atoms with van der Waals surface area (Å²) in [5, 5.41) is 8.71. The van der Waals surface area contributed by atoms with Crippen LogP contribution >= 0.6 is 27.7 Å². The lowest BCUT2D eigenvalue weighted by atomic mass is 9.97. The number of carboxylic acid groups (broad SMARTS) is 1. The van der Waals surface area contributed by atoms with E-state index in [0.717, 1.165) is 10.5 Å². The number of thioether (sulfide) groups is 1. The Labute approximate surface area is 185 Å². The van der Waals surface area contributed by atoms with E-state index in [2.05, 4.69) is 15.9 Å². The van der Waals surface area contributed by atoms with Crippen molar-refractivity contribution in [3.05, 3.63) is 100 Å². The molecule has 0 radical (unpaired) electrons. The van der Waals surface area contributed by atoms with E-state index < -0.39 is 12.6 Å². The average molecular weight is 491 g/mol. The number of halogens is 3. The van der Waals surface area contributed by atoms with Gasteiger partial charge in [0.2, 0.25) is 0 Å². The van der Waals surface area contributed by atoms with E-state index >= 15 is 0 Å². The molecule has 0 aromatic heterocycles. The van der Waals surface area contributed by atoms with Crippen molar-refractivity contribution >= 4 is 39.2 Å². The second kappa shape index (κ2) is 10.4. The van der Waals surface area contributed by atoms with Gasteiger partial charge in [-0.1, -0.05) is 30.3 Å². The molecule has 30 heavy (non-hydrogen) atoms. The summed E-state index contributed by atoms with van der Waals surface area (Å²) in [4.78, 5) is 11.6.